The lowest BCUT2D eigenvalue weighted by atomic mass is 9.84. The Hall–Kier alpha value is -3.89. The van der Waals surface area contributed by atoms with E-state index in [-0.39, 0.29) is 35.0 Å². The fourth-order valence-corrected chi connectivity index (χ4v) is 6.84. The molecule has 37 heavy (non-hydrogen) atoms. The van der Waals surface area contributed by atoms with Gasteiger partial charge < -0.3 is 19.4 Å². The number of fused-ring (bicyclic) bond motifs is 5. The van der Waals surface area contributed by atoms with Crippen LogP contribution in [0.3, 0.4) is 0 Å². The number of benzene rings is 2. The van der Waals surface area contributed by atoms with Crippen molar-refractivity contribution in [1.82, 2.24) is 8.87 Å². The maximum absolute atomic E-state index is 13.4. The highest BCUT2D eigenvalue weighted by atomic mass is 32.2. The molecule has 1 saturated heterocycles. The first-order valence-electron chi connectivity index (χ1n) is 12.1. The highest BCUT2D eigenvalue weighted by Crippen LogP contribution is 2.37. The third-order valence-electron chi connectivity index (χ3n) is 7.03. The molecule has 3 aromatic rings. The fraction of sp³-hybridized carbons (Fsp3) is 0.259. The van der Waals surface area contributed by atoms with Crippen molar-refractivity contribution in [3.05, 3.63) is 88.4 Å². The Balaban J connectivity index is 1.12. The molecule has 2 atom stereocenters. The van der Waals surface area contributed by atoms with Crippen molar-refractivity contribution >= 4 is 27.7 Å². The summed E-state index contributed by atoms with van der Waals surface area (Å²) in [6.45, 7) is 1.43. The molecule has 6 rings (SSSR count). The second-order valence-corrected chi connectivity index (χ2v) is 11.4. The van der Waals surface area contributed by atoms with Crippen LogP contribution in [-0.4, -0.2) is 43.1 Å². The number of piperidine rings is 1. The molecule has 1 N–H and O–H groups in total. The highest BCUT2D eigenvalue weighted by molar-refractivity contribution is 7.89. The number of anilines is 1. The van der Waals surface area contributed by atoms with E-state index in [0.717, 1.165) is 17.7 Å². The first-order valence-corrected chi connectivity index (χ1v) is 13.5. The molecule has 1 aromatic heterocycles. The van der Waals surface area contributed by atoms with E-state index in [4.69, 9.17) is 9.47 Å². The molecule has 1 fully saturated rings. The number of pyridine rings is 1. The molecule has 3 aliphatic heterocycles. The monoisotopic (exact) mass is 519 g/mol. The first kappa shape index (κ1) is 23.5. The molecule has 2 aromatic carbocycles. The van der Waals surface area contributed by atoms with Gasteiger partial charge in [0.2, 0.25) is 22.7 Å². The van der Waals surface area contributed by atoms with Crippen LogP contribution in [0.4, 0.5) is 5.69 Å². The Morgan fingerprint density at radius 3 is 2.62 bits per heavy atom. The number of hydrogen-bond donors (Lipinski definition) is 1. The maximum Gasteiger partial charge on any atom is 0.250 e. The molecule has 0 aliphatic carbocycles. The zero-order chi connectivity index (χ0) is 25.6. The van der Waals surface area contributed by atoms with Crippen LogP contribution >= 0.6 is 0 Å². The summed E-state index contributed by atoms with van der Waals surface area (Å²) in [7, 11) is -3.72. The van der Waals surface area contributed by atoms with Gasteiger partial charge in [0.25, 0.3) is 5.56 Å². The average molecular weight is 520 g/mol. The number of ether oxygens (including phenoxy) is 2. The summed E-state index contributed by atoms with van der Waals surface area (Å²) >= 11 is 0. The number of amides is 1. The molecule has 190 valence electrons. The maximum atomic E-state index is 13.4. The Bertz CT molecular complexity index is 1560. The largest absolute Gasteiger partial charge is 0.454 e. The summed E-state index contributed by atoms with van der Waals surface area (Å²) < 4.78 is 40.7. The number of carbonyl (C=O) groups is 1. The zero-order valence-corrected chi connectivity index (χ0v) is 20.7. The van der Waals surface area contributed by atoms with Gasteiger partial charge >= 0.3 is 0 Å². The van der Waals surface area contributed by atoms with E-state index in [9.17, 15) is 18.0 Å². The van der Waals surface area contributed by atoms with E-state index in [1.165, 1.54) is 22.5 Å². The lowest BCUT2D eigenvalue weighted by Gasteiger charge is -2.42. The number of nitrogens with one attached hydrogen (secondary N) is 1. The van der Waals surface area contributed by atoms with Crippen LogP contribution < -0.4 is 20.3 Å². The molecule has 1 amide bonds. The van der Waals surface area contributed by atoms with Crippen molar-refractivity contribution < 1.29 is 22.7 Å². The van der Waals surface area contributed by atoms with Crippen LogP contribution in [0.15, 0.2) is 76.4 Å². The van der Waals surface area contributed by atoms with Gasteiger partial charge in [-0.3, -0.25) is 9.59 Å². The molecule has 2 bridgehead atoms. The summed E-state index contributed by atoms with van der Waals surface area (Å²) in [6.07, 6.45) is 3.94. The van der Waals surface area contributed by atoms with Crippen LogP contribution in [0.2, 0.25) is 0 Å². The van der Waals surface area contributed by atoms with E-state index in [1.54, 1.807) is 47.0 Å². The van der Waals surface area contributed by atoms with E-state index in [2.05, 4.69) is 5.32 Å². The topological polar surface area (TPSA) is 107 Å². The molecule has 0 saturated carbocycles. The number of nitrogens with zero attached hydrogens (tertiary/aromatic N) is 2. The summed E-state index contributed by atoms with van der Waals surface area (Å²) in [4.78, 5) is 24.8. The molecule has 0 unspecified atom stereocenters. The molecule has 9 nitrogen and oxygen atoms in total. The van der Waals surface area contributed by atoms with E-state index in [0.29, 0.717) is 36.8 Å². The molecular formula is C27H25N3O6S. The highest BCUT2D eigenvalue weighted by Gasteiger charge is 2.39. The van der Waals surface area contributed by atoms with Crippen LogP contribution in [-0.2, 0) is 21.4 Å². The number of carbonyl (C=O) groups excluding carboxylic acids is 1. The lowest BCUT2D eigenvalue weighted by molar-refractivity contribution is -0.111. The zero-order valence-electron chi connectivity index (χ0n) is 19.9. The van der Waals surface area contributed by atoms with Crippen LogP contribution in [0.25, 0.3) is 6.08 Å². The van der Waals surface area contributed by atoms with E-state index >= 15 is 0 Å². The number of aromatic nitrogens is 1. The number of hydrogen-bond acceptors (Lipinski definition) is 6. The van der Waals surface area contributed by atoms with Crippen LogP contribution in [0.5, 0.6) is 11.5 Å². The van der Waals surface area contributed by atoms with Gasteiger partial charge in [0, 0.05) is 49.1 Å². The third kappa shape index (κ3) is 4.54. The Morgan fingerprint density at radius 2 is 1.78 bits per heavy atom. The average Bonchev–Trinajstić information content (AvgIpc) is 3.36. The van der Waals surface area contributed by atoms with Gasteiger partial charge in [0.05, 0.1) is 4.90 Å². The van der Waals surface area contributed by atoms with E-state index < -0.39 is 10.0 Å². The van der Waals surface area contributed by atoms with Crippen molar-refractivity contribution in [3.8, 4) is 11.5 Å². The van der Waals surface area contributed by atoms with Gasteiger partial charge in [-0.25, -0.2) is 8.42 Å². The Morgan fingerprint density at radius 1 is 0.973 bits per heavy atom. The van der Waals surface area contributed by atoms with Gasteiger partial charge in [-0.15, -0.1) is 0 Å². The summed E-state index contributed by atoms with van der Waals surface area (Å²) in [5.74, 6) is 1.05. The van der Waals surface area contributed by atoms with E-state index in [1.807, 2.05) is 12.1 Å². The van der Waals surface area contributed by atoms with Gasteiger partial charge in [0.15, 0.2) is 11.5 Å². The predicted molar refractivity (Wildman–Crippen MR) is 137 cm³/mol. The number of sulfonamides is 1. The SMILES string of the molecule is O=C(/C=C\c1ccc2c(c1)OCO2)Nc1ccc(S(=O)(=O)N2C[C@H]3C[C@@H](C2)c2cccc(=O)n2C3)cc1. The summed E-state index contributed by atoms with van der Waals surface area (Å²) in [5, 5.41) is 2.75. The number of rotatable bonds is 5. The van der Waals surface area contributed by atoms with Crippen molar-refractivity contribution in [2.75, 3.05) is 25.2 Å². The molecule has 3 aliphatic rings. The Labute approximate surface area is 214 Å². The smallest absolute Gasteiger partial charge is 0.250 e. The van der Waals surface area contributed by atoms with Crippen LogP contribution in [0.1, 0.15) is 23.6 Å². The molecule has 10 heteroatoms. The minimum absolute atomic E-state index is 0.00807. The van der Waals surface area contributed by atoms with Crippen molar-refractivity contribution in [2.24, 2.45) is 5.92 Å². The second-order valence-electron chi connectivity index (χ2n) is 9.48. The van der Waals surface area contributed by atoms with Gasteiger partial charge in [-0.1, -0.05) is 12.1 Å². The second kappa shape index (κ2) is 9.20. The molecular weight excluding hydrogens is 494 g/mol. The normalized spacial score (nSPS) is 20.5. The first-order chi connectivity index (χ1) is 17.9. The summed E-state index contributed by atoms with van der Waals surface area (Å²) in [6, 6.07) is 16.8. The standard InChI is InChI=1S/C27H25N3O6S/c31-26(11-5-18-4-10-24-25(13-18)36-17-35-24)28-21-6-8-22(9-7-21)37(33,34)29-14-19-12-20(16-29)23-2-1-3-27(32)30(23)15-19/h1-11,13,19-20H,12,14-17H2,(H,28,31)/b11-5-/t19-,20+/m1/s1. The van der Waals surface area contributed by atoms with Gasteiger partial charge in [-0.05, 0) is 66.4 Å². The minimum Gasteiger partial charge on any atom is -0.454 e. The van der Waals surface area contributed by atoms with Crippen LogP contribution in [0, 0.1) is 5.92 Å². The minimum atomic E-state index is -3.72. The quantitative estimate of drug-likeness (QED) is 0.520. The predicted octanol–water partition coefficient (Wildman–Crippen LogP) is 3.04. The van der Waals surface area contributed by atoms with Gasteiger partial charge in [0.1, 0.15) is 0 Å². The third-order valence-corrected chi connectivity index (χ3v) is 8.88. The van der Waals surface area contributed by atoms with Gasteiger partial charge in [-0.2, -0.15) is 4.31 Å². The van der Waals surface area contributed by atoms with Crippen molar-refractivity contribution in [3.63, 3.8) is 0 Å². The summed E-state index contributed by atoms with van der Waals surface area (Å²) in [5.41, 5.74) is 2.14. The van der Waals surface area contributed by atoms with Crippen molar-refractivity contribution in [2.45, 2.75) is 23.8 Å². The van der Waals surface area contributed by atoms with Crippen molar-refractivity contribution in [1.29, 1.82) is 0 Å². The molecule has 0 radical (unpaired) electrons. The fourth-order valence-electron chi connectivity index (χ4n) is 5.28. The Kier molecular flexibility index (Phi) is 5.85. The molecule has 4 heterocycles. The molecule has 0 spiro atoms. The lowest BCUT2D eigenvalue weighted by Crippen LogP contribution is -2.48.